The Morgan fingerprint density at radius 2 is 1.83 bits per heavy atom. The summed E-state index contributed by atoms with van der Waals surface area (Å²) in [5.74, 6) is 0.0818. The molecule has 0 unspecified atom stereocenters. The average Bonchev–Trinajstić information content (AvgIpc) is 2.37. The first-order valence-electron chi connectivity index (χ1n) is 5.98. The highest BCUT2D eigenvalue weighted by molar-refractivity contribution is 5.99. The second-order valence-electron chi connectivity index (χ2n) is 4.45. The fourth-order valence-electron chi connectivity index (χ4n) is 1.97. The molecule has 0 heterocycles. The predicted molar refractivity (Wildman–Crippen MR) is 74.3 cm³/mol. The lowest BCUT2D eigenvalue weighted by molar-refractivity contribution is 0.101. The van der Waals surface area contributed by atoms with Crippen molar-refractivity contribution in [2.24, 2.45) is 0 Å². The van der Waals surface area contributed by atoms with Crippen molar-refractivity contribution >= 4 is 22.2 Å². The number of rotatable bonds is 4. The minimum absolute atomic E-state index is 0.0818. The Hall–Kier alpha value is -1.87. The van der Waals surface area contributed by atoms with Crippen LogP contribution in [0, 0.1) is 0 Å². The monoisotopic (exact) mass is 243 g/mol. The number of Topliss-reactive ketones (excluding diaryl/α,β-unsaturated/α-hetero) is 1. The third-order valence-electron chi connectivity index (χ3n) is 3.11. The number of benzene rings is 2. The number of ketones is 1. The Bertz CT molecular complexity index is 578. The fraction of sp³-hybridized carbons (Fsp3) is 0.267. The zero-order valence-electron chi connectivity index (χ0n) is 10.7. The summed E-state index contributed by atoms with van der Waals surface area (Å²) in [7, 11) is 1.95. The van der Waals surface area contributed by atoms with Gasteiger partial charge in [-0.1, -0.05) is 18.2 Å². The number of fused-ring (bicyclic) bond motifs is 1. The number of aliphatic hydroxyl groups is 1. The van der Waals surface area contributed by atoms with Crippen LogP contribution in [0.4, 0.5) is 5.69 Å². The maximum absolute atomic E-state index is 11.3. The van der Waals surface area contributed by atoms with Gasteiger partial charge in [0.1, 0.15) is 0 Å². The van der Waals surface area contributed by atoms with E-state index < -0.39 is 0 Å². The van der Waals surface area contributed by atoms with E-state index >= 15 is 0 Å². The summed E-state index contributed by atoms with van der Waals surface area (Å²) in [5, 5.41) is 11.1. The maximum atomic E-state index is 11.3. The van der Waals surface area contributed by atoms with Crippen LogP contribution in [-0.2, 0) is 0 Å². The summed E-state index contributed by atoms with van der Waals surface area (Å²) < 4.78 is 0. The number of likely N-dealkylation sites (N-methyl/N-ethyl adjacent to an activating group) is 1. The first-order valence-corrected chi connectivity index (χ1v) is 5.98. The van der Waals surface area contributed by atoms with Gasteiger partial charge in [-0.15, -0.1) is 0 Å². The summed E-state index contributed by atoms with van der Waals surface area (Å²) in [4.78, 5) is 13.3. The van der Waals surface area contributed by atoms with Crippen LogP contribution in [0.15, 0.2) is 36.4 Å². The molecular formula is C15H17NO2. The van der Waals surface area contributed by atoms with Crippen molar-refractivity contribution in [2.45, 2.75) is 6.92 Å². The molecule has 2 aromatic rings. The second kappa shape index (κ2) is 5.19. The lowest BCUT2D eigenvalue weighted by Gasteiger charge is -2.18. The first kappa shape index (κ1) is 12.6. The SMILES string of the molecule is CC(=O)c1ccc2cc(N(C)CCO)ccc2c1. The number of carbonyl (C=O) groups is 1. The first-order chi connectivity index (χ1) is 8.61. The number of nitrogens with zero attached hydrogens (tertiary/aromatic N) is 1. The predicted octanol–water partition coefficient (Wildman–Crippen LogP) is 2.47. The summed E-state index contributed by atoms with van der Waals surface area (Å²) in [6.07, 6.45) is 0. The molecule has 0 aliphatic carbocycles. The third kappa shape index (κ3) is 2.51. The number of aliphatic hydroxyl groups excluding tert-OH is 1. The second-order valence-corrected chi connectivity index (χ2v) is 4.45. The van der Waals surface area contributed by atoms with Gasteiger partial charge in [-0.2, -0.15) is 0 Å². The van der Waals surface area contributed by atoms with E-state index in [1.807, 2.05) is 42.3 Å². The van der Waals surface area contributed by atoms with E-state index in [9.17, 15) is 4.79 Å². The maximum Gasteiger partial charge on any atom is 0.159 e. The van der Waals surface area contributed by atoms with Crippen molar-refractivity contribution < 1.29 is 9.90 Å². The van der Waals surface area contributed by atoms with E-state index in [2.05, 4.69) is 6.07 Å². The molecule has 0 saturated heterocycles. The molecule has 1 N–H and O–H groups in total. The molecule has 94 valence electrons. The van der Waals surface area contributed by atoms with E-state index in [4.69, 9.17) is 5.11 Å². The van der Waals surface area contributed by atoms with Crippen molar-refractivity contribution in [3.8, 4) is 0 Å². The van der Waals surface area contributed by atoms with Gasteiger partial charge in [0, 0.05) is 24.8 Å². The molecule has 3 heteroatoms. The Balaban J connectivity index is 2.41. The largest absolute Gasteiger partial charge is 0.395 e. The minimum Gasteiger partial charge on any atom is -0.395 e. The van der Waals surface area contributed by atoms with Gasteiger partial charge in [0.2, 0.25) is 0 Å². The van der Waals surface area contributed by atoms with Gasteiger partial charge in [0.15, 0.2) is 5.78 Å². The van der Waals surface area contributed by atoms with Crippen LogP contribution in [0.1, 0.15) is 17.3 Å². The highest BCUT2D eigenvalue weighted by Gasteiger charge is 2.04. The van der Waals surface area contributed by atoms with Crippen LogP contribution in [0.2, 0.25) is 0 Å². The topological polar surface area (TPSA) is 40.5 Å². The minimum atomic E-state index is 0.0818. The molecule has 0 aromatic heterocycles. The molecule has 18 heavy (non-hydrogen) atoms. The van der Waals surface area contributed by atoms with Gasteiger partial charge in [-0.05, 0) is 35.9 Å². The van der Waals surface area contributed by atoms with Gasteiger partial charge in [-0.3, -0.25) is 4.79 Å². The van der Waals surface area contributed by atoms with Crippen LogP contribution < -0.4 is 4.90 Å². The molecule has 3 nitrogen and oxygen atoms in total. The Kier molecular flexibility index (Phi) is 3.63. The summed E-state index contributed by atoms with van der Waals surface area (Å²) in [6, 6.07) is 11.8. The van der Waals surface area contributed by atoms with Gasteiger partial charge in [0.05, 0.1) is 6.61 Å². The lowest BCUT2D eigenvalue weighted by atomic mass is 10.0. The molecule has 0 aliphatic heterocycles. The molecule has 0 saturated carbocycles. The third-order valence-corrected chi connectivity index (χ3v) is 3.11. The standard InChI is InChI=1S/C15H17NO2/c1-11(18)12-3-4-14-10-15(16(2)7-8-17)6-5-13(14)9-12/h3-6,9-10,17H,7-8H2,1-2H3. The molecule has 0 fully saturated rings. The van der Waals surface area contributed by atoms with E-state index in [0.29, 0.717) is 6.54 Å². The van der Waals surface area contributed by atoms with E-state index in [1.165, 1.54) is 0 Å². The number of anilines is 1. The summed E-state index contributed by atoms with van der Waals surface area (Å²) in [6.45, 7) is 2.32. The van der Waals surface area contributed by atoms with Gasteiger partial charge >= 0.3 is 0 Å². The quantitative estimate of drug-likeness (QED) is 0.839. The summed E-state index contributed by atoms with van der Waals surface area (Å²) in [5.41, 5.74) is 1.80. The van der Waals surface area contributed by atoms with E-state index in [-0.39, 0.29) is 12.4 Å². The number of carbonyl (C=O) groups excluding carboxylic acids is 1. The number of hydrogen-bond acceptors (Lipinski definition) is 3. The van der Waals surface area contributed by atoms with Gasteiger partial charge in [-0.25, -0.2) is 0 Å². The summed E-state index contributed by atoms with van der Waals surface area (Å²) >= 11 is 0. The highest BCUT2D eigenvalue weighted by Crippen LogP contribution is 2.22. The van der Waals surface area contributed by atoms with Crippen LogP contribution in [0.25, 0.3) is 10.8 Å². The average molecular weight is 243 g/mol. The van der Waals surface area contributed by atoms with Crippen molar-refractivity contribution in [1.82, 2.24) is 0 Å². The van der Waals surface area contributed by atoms with Gasteiger partial charge < -0.3 is 10.0 Å². The zero-order valence-corrected chi connectivity index (χ0v) is 10.7. The smallest absolute Gasteiger partial charge is 0.159 e. The van der Waals surface area contributed by atoms with Gasteiger partial charge in [0.25, 0.3) is 0 Å². The van der Waals surface area contributed by atoms with Crippen LogP contribution in [0.3, 0.4) is 0 Å². The van der Waals surface area contributed by atoms with Crippen molar-refractivity contribution in [3.63, 3.8) is 0 Å². The molecule has 0 radical (unpaired) electrons. The van der Waals surface area contributed by atoms with E-state index in [0.717, 1.165) is 22.0 Å². The highest BCUT2D eigenvalue weighted by atomic mass is 16.3. The molecule has 2 rings (SSSR count). The Labute approximate surface area is 107 Å². The van der Waals surface area contributed by atoms with Crippen LogP contribution in [-0.4, -0.2) is 31.1 Å². The number of hydrogen-bond donors (Lipinski definition) is 1. The Morgan fingerprint density at radius 3 is 2.50 bits per heavy atom. The molecule has 0 bridgehead atoms. The zero-order chi connectivity index (χ0) is 13.1. The molecule has 0 aliphatic rings. The van der Waals surface area contributed by atoms with Crippen LogP contribution >= 0.6 is 0 Å². The van der Waals surface area contributed by atoms with Crippen LogP contribution in [0.5, 0.6) is 0 Å². The Morgan fingerprint density at radius 1 is 1.17 bits per heavy atom. The lowest BCUT2D eigenvalue weighted by Crippen LogP contribution is -2.20. The normalized spacial score (nSPS) is 10.6. The van der Waals surface area contributed by atoms with Crippen molar-refractivity contribution in [3.05, 3.63) is 42.0 Å². The van der Waals surface area contributed by atoms with Crippen molar-refractivity contribution in [1.29, 1.82) is 0 Å². The van der Waals surface area contributed by atoms with Crippen molar-refractivity contribution in [2.75, 3.05) is 25.1 Å². The molecular weight excluding hydrogens is 226 g/mol. The molecule has 0 amide bonds. The molecule has 2 aromatic carbocycles. The van der Waals surface area contributed by atoms with E-state index in [1.54, 1.807) is 6.92 Å². The fourth-order valence-corrected chi connectivity index (χ4v) is 1.97. The molecule has 0 spiro atoms. The molecule has 0 atom stereocenters.